The van der Waals surface area contributed by atoms with Crippen molar-refractivity contribution in [2.45, 2.75) is 0 Å². The van der Waals surface area contributed by atoms with E-state index in [1.165, 1.54) is 0 Å². The summed E-state index contributed by atoms with van der Waals surface area (Å²) in [5.74, 6) is -0.230. The van der Waals surface area contributed by atoms with Crippen LogP contribution in [0.15, 0.2) is 60.9 Å². The van der Waals surface area contributed by atoms with Gasteiger partial charge in [0.25, 0.3) is 0 Å². The van der Waals surface area contributed by atoms with Gasteiger partial charge in [-0.25, -0.2) is 9.37 Å². The molecule has 0 radical (unpaired) electrons. The fourth-order valence-electron chi connectivity index (χ4n) is 3.07. The highest BCUT2D eigenvalue weighted by atomic mass is 32.1. The Morgan fingerprint density at radius 3 is 2.67 bits per heavy atom. The number of rotatable bonds is 5. The van der Waals surface area contributed by atoms with E-state index in [4.69, 9.17) is 12.2 Å². The molecule has 8 nitrogen and oxygen atoms in total. The smallest absolute Gasteiger partial charge is 0.229 e. The number of nitrogens with zero attached hydrogens (tertiary/aromatic N) is 3. The van der Waals surface area contributed by atoms with Crippen LogP contribution in [0.1, 0.15) is 0 Å². The lowest BCUT2D eigenvalue weighted by molar-refractivity contribution is 0.619. The molecular formula is C20H15FN8S. The largest absolute Gasteiger partial charge is 0.338 e. The zero-order chi connectivity index (χ0) is 20.5. The van der Waals surface area contributed by atoms with Gasteiger partial charge < -0.3 is 20.6 Å². The predicted octanol–water partition coefficient (Wildman–Crippen LogP) is 5.03. The Balaban J connectivity index is 1.40. The van der Waals surface area contributed by atoms with E-state index in [2.05, 4.69) is 40.8 Å². The van der Waals surface area contributed by atoms with Gasteiger partial charge in [-0.15, -0.1) is 0 Å². The Morgan fingerprint density at radius 1 is 0.933 bits per heavy atom. The second-order valence-corrected chi connectivity index (χ2v) is 6.94. The first-order valence-electron chi connectivity index (χ1n) is 9.02. The van der Waals surface area contributed by atoms with Crippen LogP contribution in [-0.4, -0.2) is 30.1 Å². The second-order valence-electron chi connectivity index (χ2n) is 6.53. The molecule has 0 saturated heterocycles. The van der Waals surface area contributed by atoms with Gasteiger partial charge in [-0.05, 0) is 48.6 Å². The van der Waals surface area contributed by atoms with Crippen LogP contribution < -0.4 is 10.6 Å². The minimum Gasteiger partial charge on any atom is -0.338 e. The molecule has 0 aliphatic rings. The second kappa shape index (κ2) is 7.41. The number of aromatic amines is 3. The summed E-state index contributed by atoms with van der Waals surface area (Å²) in [6, 6.07) is 15.0. The van der Waals surface area contributed by atoms with Crippen molar-refractivity contribution in [2.24, 2.45) is 0 Å². The Hall–Kier alpha value is -4.05. The lowest BCUT2D eigenvalue weighted by atomic mass is 10.1. The molecule has 10 heteroatoms. The summed E-state index contributed by atoms with van der Waals surface area (Å²) in [5.41, 5.74) is 4.95. The number of benzene rings is 2. The maximum absolute atomic E-state index is 14.3. The SMILES string of the molecule is Fc1cnc(Nc2ccc3[nH]c(=S)[nH]c3c2)nc1Nc1cccc(-c2ccn[nH]2)c1. The monoisotopic (exact) mass is 418 g/mol. The summed E-state index contributed by atoms with van der Waals surface area (Å²) in [4.78, 5) is 14.4. The number of imidazole rings is 1. The molecule has 0 aliphatic heterocycles. The van der Waals surface area contributed by atoms with Crippen LogP contribution in [0.3, 0.4) is 0 Å². The average molecular weight is 418 g/mol. The van der Waals surface area contributed by atoms with E-state index in [0.717, 1.165) is 34.2 Å². The highest BCUT2D eigenvalue weighted by Gasteiger charge is 2.09. The number of hydrogen-bond acceptors (Lipinski definition) is 6. The zero-order valence-corrected chi connectivity index (χ0v) is 16.2. The molecule has 0 fully saturated rings. The third-order valence-electron chi connectivity index (χ3n) is 4.45. The van der Waals surface area contributed by atoms with Gasteiger partial charge in [0.2, 0.25) is 5.95 Å². The predicted molar refractivity (Wildman–Crippen MR) is 116 cm³/mol. The molecule has 0 unspecified atom stereocenters. The number of fused-ring (bicyclic) bond motifs is 1. The first kappa shape index (κ1) is 18.0. The topological polar surface area (TPSA) is 110 Å². The number of aromatic nitrogens is 6. The van der Waals surface area contributed by atoms with E-state index >= 15 is 0 Å². The Bertz CT molecular complexity index is 1390. The Morgan fingerprint density at radius 2 is 1.80 bits per heavy atom. The quantitative estimate of drug-likeness (QED) is 0.256. The van der Waals surface area contributed by atoms with E-state index in [-0.39, 0.29) is 11.8 Å². The standard InChI is InChI=1S/C20H15FN8S/c21-14-10-22-19(25-13-4-5-16-17(9-13)27-20(30)26-16)28-18(14)24-12-3-1-2-11(8-12)15-6-7-23-29-15/h1-10H,(H,23,29)(H2,26,27,30)(H2,22,24,25,28). The van der Waals surface area contributed by atoms with Crippen molar-refractivity contribution in [3.05, 3.63) is 71.5 Å². The van der Waals surface area contributed by atoms with Crippen LogP contribution in [0.4, 0.5) is 27.5 Å². The lowest BCUT2D eigenvalue weighted by Gasteiger charge is -2.10. The van der Waals surface area contributed by atoms with Gasteiger partial charge in [-0.3, -0.25) is 5.10 Å². The van der Waals surface area contributed by atoms with E-state index in [9.17, 15) is 4.39 Å². The van der Waals surface area contributed by atoms with Crippen LogP contribution in [0.5, 0.6) is 0 Å². The number of hydrogen-bond donors (Lipinski definition) is 5. The van der Waals surface area contributed by atoms with Crippen LogP contribution in [0.25, 0.3) is 22.3 Å². The summed E-state index contributed by atoms with van der Waals surface area (Å²) in [5, 5.41) is 13.0. The van der Waals surface area contributed by atoms with Gasteiger partial charge in [0.05, 0.1) is 22.9 Å². The summed E-state index contributed by atoms with van der Waals surface area (Å²) < 4.78 is 14.9. The van der Waals surface area contributed by atoms with Gasteiger partial charge in [0.15, 0.2) is 16.4 Å². The van der Waals surface area contributed by atoms with Gasteiger partial charge in [0.1, 0.15) is 0 Å². The van der Waals surface area contributed by atoms with Crippen molar-refractivity contribution < 1.29 is 4.39 Å². The first-order chi connectivity index (χ1) is 14.6. The maximum atomic E-state index is 14.3. The third kappa shape index (κ3) is 3.63. The maximum Gasteiger partial charge on any atom is 0.229 e. The van der Waals surface area contributed by atoms with E-state index in [1.807, 2.05) is 48.5 Å². The molecule has 148 valence electrons. The summed E-state index contributed by atoms with van der Waals surface area (Å²) >= 11 is 5.10. The van der Waals surface area contributed by atoms with Crippen molar-refractivity contribution in [3.63, 3.8) is 0 Å². The zero-order valence-electron chi connectivity index (χ0n) is 15.4. The van der Waals surface area contributed by atoms with E-state index < -0.39 is 5.82 Å². The van der Waals surface area contributed by atoms with Crippen molar-refractivity contribution >= 4 is 46.4 Å². The fraction of sp³-hybridized carbons (Fsp3) is 0. The molecule has 3 aromatic heterocycles. The molecule has 0 spiro atoms. The molecule has 0 saturated carbocycles. The van der Waals surface area contributed by atoms with Crippen molar-refractivity contribution in [2.75, 3.05) is 10.6 Å². The first-order valence-corrected chi connectivity index (χ1v) is 9.43. The minimum atomic E-state index is -0.558. The summed E-state index contributed by atoms with van der Waals surface area (Å²) in [6.07, 6.45) is 2.80. The summed E-state index contributed by atoms with van der Waals surface area (Å²) in [6.45, 7) is 0. The molecule has 0 aliphatic carbocycles. The molecule has 5 N–H and O–H groups in total. The molecule has 0 bridgehead atoms. The molecule has 0 amide bonds. The third-order valence-corrected chi connectivity index (χ3v) is 4.66. The molecule has 5 rings (SSSR count). The highest BCUT2D eigenvalue weighted by Crippen LogP contribution is 2.25. The fourth-order valence-corrected chi connectivity index (χ4v) is 3.29. The van der Waals surface area contributed by atoms with Gasteiger partial charge >= 0.3 is 0 Å². The summed E-state index contributed by atoms with van der Waals surface area (Å²) in [7, 11) is 0. The van der Waals surface area contributed by atoms with Gasteiger partial charge in [-0.1, -0.05) is 12.1 Å². The van der Waals surface area contributed by atoms with Crippen molar-refractivity contribution in [3.8, 4) is 11.3 Å². The van der Waals surface area contributed by atoms with Crippen LogP contribution >= 0.6 is 12.2 Å². The van der Waals surface area contributed by atoms with Crippen molar-refractivity contribution in [1.82, 2.24) is 30.1 Å². The van der Waals surface area contributed by atoms with Gasteiger partial charge in [0, 0.05) is 23.1 Å². The molecule has 30 heavy (non-hydrogen) atoms. The Kier molecular flexibility index (Phi) is 4.45. The number of nitrogens with one attached hydrogen (secondary N) is 5. The van der Waals surface area contributed by atoms with Crippen LogP contribution in [-0.2, 0) is 0 Å². The van der Waals surface area contributed by atoms with E-state index in [0.29, 0.717) is 10.5 Å². The van der Waals surface area contributed by atoms with Crippen molar-refractivity contribution in [1.29, 1.82) is 0 Å². The highest BCUT2D eigenvalue weighted by molar-refractivity contribution is 7.71. The number of H-pyrrole nitrogens is 3. The normalized spacial score (nSPS) is 11.0. The van der Waals surface area contributed by atoms with Crippen LogP contribution in [0.2, 0.25) is 0 Å². The molecule has 5 aromatic rings. The van der Waals surface area contributed by atoms with Gasteiger partial charge in [-0.2, -0.15) is 10.1 Å². The lowest BCUT2D eigenvalue weighted by Crippen LogP contribution is -2.03. The minimum absolute atomic E-state index is 0.0661. The van der Waals surface area contributed by atoms with E-state index in [1.54, 1.807) is 6.20 Å². The number of halogens is 1. The molecule has 0 atom stereocenters. The number of anilines is 4. The molecular weight excluding hydrogens is 403 g/mol. The Labute approximate surface area is 174 Å². The average Bonchev–Trinajstić information content (AvgIpc) is 3.39. The molecule has 3 heterocycles. The molecule has 2 aromatic carbocycles. The van der Waals surface area contributed by atoms with Crippen LogP contribution in [0, 0.1) is 10.6 Å².